The summed E-state index contributed by atoms with van der Waals surface area (Å²) in [6.07, 6.45) is 0. The second-order valence-electron chi connectivity index (χ2n) is 15.3. The van der Waals surface area contributed by atoms with Crippen LogP contribution in [0.5, 0.6) is 0 Å². The topological polar surface area (TPSA) is 8.17 Å². The lowest BCUT2D eigenvalue weighted by Gasteiger charge is -2.35. The molecule has 0 unspecified atom stereocenters. The summed E-state index contributed by atoms with van der Waals surface area (Å²) in [6, 6.07) is 80.5. The molecule has 0 bridgehead atoms. The predicted molar refractivity (Wildman–Crippen MR) is 246 cm³/mol. The summed E-state index contributed by atoms with van der Waals surface area (Å²) in [7, 11) is 0. The molecule has 3 heteroatoms. The van der Waals surface area contributed by atoms with Crippen molar-refractivity contribution in [2.75, 3.05) is 4.90 Å². The maximum Gasteiger partial charge on any atom is 0.0714 e. The number of aromatic nitrogens is 1. The van der Waals surface area contributed by atoms with Gasteiger partial charge in [0.15, 0.2) is 0 Å². The molecule has 0 saturated heterocycles. The summed E-state index contributed by atoms with van der Waals surface area (Å²) in [5.41, 5.74) is 14.2. The molecule has 0 spiro atoms. The van der Waals surface area contributed by atoms with Gasteiger partial charge in [-0.15, -0.1) is 11.3 Å². The second-order valence-corrected chi connectivity index (χ2v) is 16.3. The highest BCUT2D eigenvalue weighted by Gasteiger charge is 2.46. The van der Waals surface area contributed by atoms with Crippen LogP contribution in [0.2, 0.25) is 0 Å². The van der Waals surface area contributed by atoms with E-state index in [1.165, 1.54) is 81.0 Å². The molecule has 0 saturated carbocycles. The van der Waals surface area contributed by atoms with Crippen molar-refractivity contribution in [2.45, 2.75) is 5.41 Å². The first kappa shape index (κ1) is 33.0. The number of rotatable bonds is 6. The lowest BCUT2D eigenvalue weighted by Crippen LogP contribution is -2.28. The Labute approximate surface area is 341 Å². The van der Waals surface area contributed by atoms with Crippen molar-refractivity contribution in [1.29, 1.82) is 0 Å². The van der Waals surface area contributed by atoms with Gasteiger partial charge in [-0.05, 0) is 100 Å². The molecule has 0 aliphatic heterocycles. The van der Waals surface area contributed by atoms with Gasteiger partial charge < -0.3 is 9.47 Å². The molecule has 2 aromatic heterocycles. The van der Waals surface area contributed by atoms with Crippen molar-refractivity contribution in [3.63, 3.8) is 0 Å². The zero-order valence-corrected chi connectivity index (χ0v) is 32.4. The highest BCUT2D eigenvalue weighted by atomic mass is 32.1. The van der Waals surface area contributed by atoms with Crippen LogP contribution in [-0.4, -0.2) is 4.57 Å². The van der Waals surface area contributed by atoms with Crippen LogP contribution in [-0.2, 0) is 5.41 Å². The summed E-state index contributed by atoms with van der Waals surface area (Å²) in [4.78, 5) is 2.43. The first-order chi connectivity index (χ1) is 28.8. The van der Waals surface area contributed by atoms with Crippen molar-refractivity contribution < 1.29 is 0 Å². The van der Waals surface area contributed by atoms with E-state index in [-0.39, 0.29) is 0 Å². The quantitative estimate of drug-likeness (QED) is 0.164. The maximum atomic E-state index is 2.45. The largest absolute Gasteiger partial charge is 0.310 e. The van der Waals surface area contributed by atoms with E-state index < -0.39 is 5.41 Å². The number of para-hydroxylation sites is 3. The lowest BCUT2D eigenvalue weighted by atomic mass is 9.67. The highest BCUT2D eigenvalue weighted by molar-refractivity contribution is 7.25. The third-order valence-electron chi connectivity index (χ3n) is 12.2. The Morgan fingerprint density at radius 3 is 1.64 bits per heavy atom. The van der Waals surface area contributed by atoms with Gasteiger partial charge in [0.25, 0.3) is 0 Å². The second kappa shape index (κ2) is 12.9. The van der Waals surface area contributed by atoms with Crippen LogP contribution in [0.3, 0.4) is 0 Å². The monoisotopic (exact) mass is 756 g/mol. The molecule has 2 heterocycles. The van der Waals surface area contributed by atoms with Gasteiger partial charge in [-0.25, -0.2) is 0 Å². The lowest BCUT2D eigenvalue weighted by molar-refractivity contribution is 0.768. The van der Waals surface area contributed by atoms with Gasteiger partial charge >= 0.3 is 0 Å². The number of hydrogen-bond donors (Lipinski definition) is 0. The number of thiophene rings is 1. The number of benzene rings is 9. The fourth-order valence-corrected chi connectivity index (χ4v) is 10.9. The van der Waals surface area contributed by atoms with Gasteiger partial charge in [0.2, 0.25) is 0 Å². The molecule has 58 heavy (non-hydrogen) atoms. The Hall–Kier alpha value is -7.20. The molecule has 0 atom stereocenters. The molecule has 11 aromatic rings. The van der Waals surface area contributed by atoms with E-state index in [1.54, 1.807) is 0 Å². The van der Waals surface area contributed by atoms with Crippen molar-refractivity contribution in [2.24, 2.45) is 0 Å². The zero-order valence-electron chi connectivity index (χ0n) is 31.6. The number of hydrogen-bond acceptors (Lipinski definition) is 2. The third-order valence-corrected chi connectivity index (χ3v) is 13.4. The SMILES string of the molecule is c1ccc(N(c2ccc3c(c2)C(c2ccccc2)(c2ccccc2)c2ccccc2-3)c2ccc3c(c2)sc2ccc(-n4c5ccccc5c5ccccc54)cc23)cc1. The van der Waals surface area contributed by atoms with Crippen LogP contribution in [0.4, 0.5) is 17.1 Å². The molecule has 12 rings (SSSR count). The zero-order chi connectivity index (χ0) is 38.2. The van der Waals surface area contributed by atoms with Crippen LogP contribution in [0.25, 0.3) is 58.8 Å². The number of fused-ring (bicyclic) bond motifs is 9. The van der Waals surface area contributed by atoms with Gasteiger partial charge in [0.1, 0.15) is 0 Å². The van der Waals surface area contributed by atoms with E-state index in [0.29, 0.717) is 0 Å². The van der Waals surface area contributed by atoms with E-state index in [0.717, 1.165) is 17.1 Å². The minimum absolute atomic E-state index is 0.476. The van der Waals surface area contributed by atoms with Crippen LogP contribution in [0, 0.1) is 0 Å². The Bertz CT molecular complexity index is 3250. The third kappa shape index (κ3) is 4.78. The molecule has 0 fully saturated rings. The molecule has 272 valence electrons. The maximum absolute atomic E-state index is 2.45. The van der Waals surface area contributed by atoms with E-state index in [4.69, 9.17) is 0 Å². The molecular formula is C55H36N2S. The smallest absolute Gasteiger partial charge is 0.0714 e. The van der Waals surface area contributed by atoms with Gasteiger partial charge in [-0.3, -0.25) is 0 Å². The first-order valence-corrected chi connectivity index (χ1v) is 20.7. The first-order valence-electron chi connectivity index (χ1n) is 19.9. The van der Waals surface area contributed by atoms with E-state index in [9.17, 15) is 0 Å². The summed E-state index contributed by atoms with van der Waals surface area (Å²) in [5.74, 6) is 0. The van der Waals surface area contributed by atoms with Gasteiger partial charge in [0.05, 0.1) is 16.4 Å². The predicted octanol–water partition coefficient (Wildman–Crippen LogP) is 15.0. The Morgan fingerprint density at radius 2 is 0.931 bits per heavy atom. The summed E-state index contributed by atoms with van der Waals surface area (Å²) in [5, 5.41) is 5.11. The highest BCUT2D eigenvalue weighted by Crippen LogP contribution is 2.57. The molecular weight excluding hydrogens is 721 g/mol. The normalized spacial score (nSPS) is 13.0. The Balaban J connectivity index is 1.04. The van der Waals surface area contributed by atoms with Crippen molar-refractivity contribution in [1.82, 2.24) is 4.57 Å². The molecule has 2 nitrogen and oxygen atoms in total. The van der Waals surface area contributed by atoms with Crippen LogP contribution < -0.4 is 4.90 Å². The van der Waals surface area contributed by atoms with Crippen molar-refractivity contribution in [3.05, 3.63) is 241 Å². The fraction of sp³-hybridized carbons (Fsp3) is 0.0182. The van der Waals surface area contributed by atoms with E-state index in [2.05, 4.69) is 228 Å². The van der Waals surface area contributed by atoms with E-state index in [1.807, 2.05) is 11.3 Å². The van der Waals surface area contributed by atoms with Crippen LogP contribution >= 0.6 is 11.3 Å². The van der Waals surface area contributed by atoms with Crippen molar-refractivity contribution in [3.8, 4) is 16.8 Å². The van der Waals surface area contributed by atoms with Gasteiger partial charge in [0, 0.05) is 53.7 Å². The average Bonchev–Trinajstić information content (AvgIpc) is 3.93. The molecule has 0 radical (unpaired) electrons. The summed E-state index contributed by atoms with van der Waals surface area (Å²) >= 11 is 1.87. The van der Waals surface area contributed by atoms with Crippen LogP contribution in [0.15, 0.2) is 218 Å². The van der Waals surface area contributed by atoms with E-state index >= 15 is 0 Å². The summed E-state index contributed by atoms with van der Waals surface area (Å²) in [6.45, 7) is 0. The Kier molecular flexibility index (Phi) is 7.35. The number of anilines is 3. The standard InChI is InChI=1S/C55H36N2S/c1-4-16-37(17-5-1)55(38-18-6-2-7-19-38)49-25-13-10-22-43(49)44-31-28-41(35-50(44)55)56(39-20-8-3-9-21-39)42-29-32-47-48-34-40(30-33-53(48)58-54(47)36-42)57-51-26-14-11-23-45(51)46-24-12-15-27-52(46)57/h1-36H. The Morgan fingerprint density at radius 1 is 0.362 bits per heavy atom. The molecule has 9 aromatic carbocycles. The summed E-state index contributed by atoms with van der Waals surface area (Å²) < 4.78 is 4.97. The minimum atomic E-state index is -0.476. The van der Waals surface area contributed by atoms with Crippen molar-refractivity contribution >= 4 is 70.4 Å². The number of nitrogens with zero attached hydrogens (tertiary/aromatic N) is 2. The fourth-order valence-electron chi connectivity index (χ4n) is 9.83. The minimum Gasteiger partial charge on any atom is -0.310 e. The molecule has 1 aliphatic carbocycles. The molecule has 1 aliphatic rings. The van der Waals surface area contributed by atoms with Crippen LogP contribution in [0.1, 0.15) is 22.3 Å². The van der Waals surface area contributed by atoms with Gasteiger partial charge in [-0.1, -0.05) is 152 Å². The van der Waals surface area contributed by atoms with Gasteiger partial charge in [-0.2, -0.15) is 0 Å². The average molecular weight is 757 g/mol. The molecule has 0 amide bonds. The molecule has 0 N–H and O–H groups in total.